The second kappa shape index (κ2) is 15.4. The highest BCUT2D eigenvalue weighted by Crippen LogP contribution is 2.27. The van der Waals surface area contributed by atoms with E-state index in [1.165, 1.54) is 12.0 Å². The van der Waals surface area contributed by atoms with E-state index < -0.39 is 41.5 Å². The molecule has 220 valence electrons. The molecule has 0 saturated carbocycles. The standard InChI is InChI=1S/C30H43N3O7/c1-6-20-13-15-21(16-14-20)23(19-34)31-28(38)24-17-22(35)18-33(24)29(39)27(30(2,3)4)32-25(36)11-9-7-8-10-12-26(37)40-5/h1,13-16,22-24,27,34-35H,7-12,17-19H2,2-5H3,(H,31,38)(H,32,36)/t22-,23+,24+,27-/m1/s1. The van der Waals surface area contributed by atoms with Crippen LogP contribution in [-0.4, -0.2) is 77.3 Å². The van der Waals surface area contributed by atoms with E-state index in [0.717, 1.165) is 12.8 Å². The number of ether oxygens (including phenoxy) is 1. The molecule has 0 aliphatic carbocycles. The second-order valence-electron chi connectivity index (χ2n) is 11.3. The van der Waals surface area contributed by atoms with Crippen molar-refractivity contribution in [2.75, 3.05) is 20.3 Å². The van der Waals surface area contributed by atoms with Crippen molar-refractivity contribution >= 4 is 23.7 Å². The van der Waals surface area contributed by atoms with Crippen LogP contribution >= 0.6 is 0 Å². The Morgan fingerprint density at radius 1 is 1.07 bits per heavy atom. The third-order valence-corrected chi connectivity index (χ3v) is 7.02. The molecule has 1 saturated heterocycles. The zero-order valence-corrected chi connectivity index (χ0v) is 23.9. The summed E-state index contributed by atoms with van der Waals surface area (Å²) in [6.45, 7) is 5.07. The van der Waals surface area contributed by atoms with Gasteiger partial charge in [0.2, 0.25) is 17.7 Å². The molecule has 10 nitrogen and oxygen atoms in total. The van der Waals surface area contributed by atoms with Gasteiger partial charge in [-0.05, 0) is 36.0 Å². The van der Waals surface area contributed by atoms with Gasteiger partial charge in [0, 0.05) is 31.4 Å². The number of hydrogen-bond donors (Lipinski definition) is 4. The third-order valence-electron chi connectivity index (χ3n) is 7.02. The number of carbonyl (C=O) groups excluding carboxylic acids is 4. The van der Waals surface area contributed by atoms with E-state index in [-0.39, 0.29) is 37.9 Å². The summed E-state index contributed by atoms with van der Waals surface area (Å²) in [4.78, 5) is 52.2. The number of carbonyl (C=O) groups is 4. The first-order chi connectivity index (χ1) is 18.9. The molecule has 1 fully saturated rings. The third kappa shape index (κ3) is 9.65. The first kappa shape index (κ1) is 32.8. The molecule has 4 N–H and O–H groups in total. The SMILES string of the molecule is C#Cc1ccc([C@H](CO)NC(=O)[C@@H]2C[C@@H](O)CN2C(=O)[C@@H](NC(=O)CCCCCCC(=O)OC)C(C)(C)C)cc1. The molecule has 3 amide bonds. The predicted molar refractivity (Wildman–Crippen MR) is 150 cm³/mol. The number of nitrogens with one attached hydrogen (secondary N) is 2. The van der Waals surface area contributed by atoms with Crippen molar-refractivity contribution in [1.82, 2.24) is 15.5 Å². The zero-order chi connectivity index (χ0) is 29.9. The molecule has 2 rings (SSSR count). The summed E-state index contributed by atoms with van der Waals surface area (Å²) < 4.78 is 4.62. The van der Waals surface area contributed by atoms with Crippen molar-refractivity contribution in [1.29, 1.82) is 0 Å². The number of rotatable bonds is 13. The smallest absolute Gasteiger partial charge is 0.305 e. The topological polar surface area (TPSA) is 145 Å². The van der Waals surface area contributed by atoms with E-state index in [0.29, 0.717) is 30.4 Å². The molecule has 10 heteroatoms. The normalized spacial score (nSPS) is 18.4. The summed E-state index contributed by atoms with van der Waals surface area (Å²) in [5.41, 5.74) is 0.654. The van der Waals surface area contributed by atoms with Gasteiger partial charge in [-0.25, -0.2) is 0 Å². The Balaban J connectivity index is 2.04. The maximum atomic E-state index is 13.7. The Morgan fingerprint density at radius 3 is 2.25 bits per heavy atom. The number of amides is 3. The Labute approximate surface area is 236 Å². The molecular weight excluding hydrogens is 514 g/mol. The van der Waals surface area contributed by atoms with Crippen LogP contribution in [0.1, 0.15) is 82.9 Å². The van der Waals surface area contributed by atoms with E-state index >= 15 is 0 Å². The minimum Gasteiger partial charge on any atom is -0.469 e. The molecule has 0 aromatic heterocycles. The van der Waals surface area contributed by atoms with Crippen LogP contribution in [0, 0.1) is 17.8 Å². The van der Waals surface area contributed by atoms with Gasteiger partial charge < -0.3 is 30.5 Å². The van der Waals surface area contributed by atoms with Crippen molar-refractivity contribution in [2.45, 2.75) is 89.9 Å². The largest absolute Gasteiger partial charge is 0.469 e. The molecule has 0 spiro atoms. The maximum Gasteiger partial charge on any atom is 0.305 e. The van der Waals surface area contributed by atoms with Gasteiger partial charge in [0.25, 0.3) is 0 Å². The number of esters is 1. The number of benzene rings is 1. The first-order valence-electron chi connectivity index (χ1n) is 13.7. The second-order valence-corrected chi connectivity index (χ2v) is 11.3. The zero-order valence-electron chi connectivity index (χ0n) is 23.9. The van der Waals surface area contributed by atoms with Crippen LogP contribution in [0.3, 0.4) is 0 Å². The average Bonchev–Trinajstić information content (AvgIpc) is 3.32. The number of hydrogen-bond acceptors (Lipinski definition) is 7. The van der Waals surface area contributed by atoms with E-state index in [9.17, 15) is 29.4 Å². The number of likely N-dealkylation sites (tertiary alicyclic amines) is 1. The molecule has 0 bridgehead atoms. The van der Waals surface area contributed by atoms with Crippen molar-refractivity contribution in [3.63, 3.8) is 0 Å². The predicted octanol–water partition coefficient (Wildman–Crippen LogP) is 1.82. The molecule has 40 heavy (non-hydrogen) atoms. The molecule has 1 aliphatic heterocycles. The Morgan fingerprint density at radius 2 is 1.70 bits per heavy atom. The lowest BCUT2D eigenvalue weighted by molar-refractivity contribution is -0.144. The monoisotopic (exact) mass is 557 g/mol. The van der Waals surface area contributed by atoms with E-state index in [4.69, 9.17) is 6.42 Å². The fourth-order valence-electron chi connectivity index (χ4n) is 4.68. The summed E-state index contributed by atoms with van der Waals surface area (Å²) in [6, 6.07) is 4.25. The van der Waals surface area contributed by atoms with Gasteiger partial charge in [-0.3, -0.25) is 19.2 Å². The van der Waals surface area contributed by atoms with Crippen molar-refractivity contribution in [3.8, 4) is 12.3 Å². The Hall–Kier alpha value is -3.42. The van der Waals surface area contributed by atoms with Crippen LogP contribution in [0.25, 0.3) is 0 Å². The van der Waals surface area contributed by atoms with Gasteiger partial charge >= 0.3 is 5.97 Å². The summed E-state index contributed by atoms with van der Waals surface area (Å²) >= 11 is 0. The van der Waals surface area contributed by atoms with Crippen molar-refractivity contribution < 1.29 is 34.1 Å². The summed E-state index contributed by atoms with van der Waals surface area (Å²) in [5, 5.41) is 25.9. The molecular formula is C30H43N3O7. The quantitative estimate of drug-likeness (QED) is 0.164. The van der Waals surface area contributed by atoms with Crippen molar-refractivity contribution in [3.05, 3.63) is 35.4 Å². The molecule has 1 aromatic carbocycles. The molecule has 1 heterocycles. The highest BCUT2D eigenvalue weighted by molar-refractivity contribution is 5.93. The fraction of sp³-hybridized carbons (Fsp3) is 0.600. The van der Waals surface area contributed by atoms with E-state index in [2.05, 4.69) is 21.3 Å². The number of aliphatic hydroxyl groups is 2. The van der Waals surface area contributed by atoms with Gasteiger partial charge in [-0.2, -0.15) is 0 Å². The summed E-state index contributed by atoms with van der Waals surface area (Å²) in [7, 11) is 1.35. The number of methoxy groups -OCH3 is 1. The highest BCUT2D eigenvalue weighted by atomic mass is 16.5. The lowest BCUT2D eigenvalue weighted by Crippen LogP contribution is -2.58. The minimum atomic E-state index is -0.960. The van der Waals surface area contributed by atoms with E-state index in [1.807, 2.05) is 20.8 Å². The Kier molecular flexibility index (Phi) is 12.6. The number of unbranched alkanes of at least 4 members (excludes halogenated alkanes) is 3. The number of terminal acetylenes is 1. The summed E-state index contributed by atoms with van der Waals surface area (Å²) in [5.74, 6) is 1.02. The molecule has 0 unspecified atom stereocenters. The van der Waals surface area contributed by atoms with E-state index in [1.54, 1.807) is 24.3 Å². The molecule has 1 aliphatic rings. The first-order valence-corrected chi connectivity index (χ1v) is 13.7. The van der Waals surface area contributed by atoms with Crippen LogP contribution in [0.5, 0.6) is 0 Å². The minimum absolute atomic E-state index is 0.0414. The highest BCUT2D eigenvalue weighted by Gasteiger charge is 2.44. The fourth-order valence-corrected chi connectivity index (χ4v) is 4.68. The van der Waals surface area contributed by atoms with Crippen LogP contribution in [0.4, 0.5) is 0 Å². The average molecular weight is 558 g/mol. The van der Waals surface area contributed by atoms with Gasteiger partial charge in [-0.1, -0.05) is 51.7 Å². The Bertz CT molecular complexity index is 1060. The molecule has 1 aromatic rings. The number of nitrogens with zero attached hydrogens (tertiary/aromatic N) is 1. The van der Waals surface area contributed by atoms with Gasteiger partial charge in [0.15, 0.2) is 0 Å². The lowest BCUT2D eigenvalue weighted by atomic mass is 9.85. The van der Waals surface area contributed by atoms with Crippen LogP contribution in [0.15, 0.2) is 24.3 Å². The van der Waals surface area contributed by atoms with Gasteiger partial charge in [-0.15, -0.1) is 6.42 Å². The number of β-amino-alcohol motifs (C(OH)–C–C–N with tert-alkyl or cyclic N) is 1. The lowest BCUT2D eigenvalue weighted by Gasteiger charge is -2.35. The van der Waals surface area contributed by atoms with Crippen LogP contribution in [-0.2, 0) is 23.9 Å². The van der Waals surface area contributed by atoms with Crippen LogP contribution in [0.2, 0.25) is 0 Å². The molecule has 4 atom stereocenters. The molecule has 0 radical (unpaired) electrons. The summed E-state index contributed by atoms with van der Waals surface area (Å²) in [6.07, 6.45) is 7.95. The van der Waals surface area contributed by atoms with Gasteiger partial charge in [0.05, 0.1) is 25.9 Å². The maximum absolute atomic E-state index is 13.7. The van der Waals surface area contributed by atoms with Crippen molar-refractivity contribution in [2.24, 2.45) is 5.41 Å². The number of aliphatic hydroxyl groups excluding tert-OH is 2. The van der Waals surface area contributed by atoms with Gasteiger partial charge in [0.1, 0.15) is 12.1 Å². The van der Waals surface area contributed by atoms with Crippen LogP contribution < -0.4 is 10.6 Å².